The predicted molar refractivity (Wildman–Crippen MR) is 102 cm³/mol. The number of nitrogens with one attached hydrogen (secondary N) is 1. The molecule has 2 aromatic heterocycles. The molecule has 3 aromatic rings. The summed E-state index contributed by atoms with van der Waals surface area (Å²) in [5.41, 5.74) is 8.44. The van der Waals surface area contributed by atoms with Crippen molar-refractivity contribution in [1.82, 2.24) is 9.55 Å². The molecule has 8 heteroatoms. The minimum absolute atomic E-state index is 0. The molecule has 28 heavy (non-hydrogen) atoms. The topological polar surface area (TPSA) is 91.3 Å². The maximum absolute atomic E-state index is 12.9. The van der Waals surface area contributed by atoms with Gasteiger partial charge in [-0.1, -0.05) is 12.0 Å². The van der Waals surface area contributed by atoms with Crippen LogP contribution < -0.4 is 4.74 Å². The number of aromatic nitrogens is 2. The number of methoxy groups -OCH3 is 1. The maximum Gasteiger partial charge on any atom is 0.123 e. The van der Waals surface area contributed by atoms with Crippen molar-refractivity contribution < 1.29 is 40.4 Å². The van der Waals surface area contributed by atoms with Gasteiger partial charge >= 0.3 is 0 Å². The molecule has 0 unspecified atom stereocenters. The normalized spacial score (nSPS) is 14.0. The van der Waals surface area contributed by atoms with E-state index in [0.29, 0.717) is 18.7 Å². The number of fused-ring (bicyclic) bond motifs is 1. The number of pyridine rings is 1. The van der Waals surface area contributed by atoms with Crippen LogP contribution in [0.3, 0.4) is 0 Å². The minimum Gasteiger partial charge on any atom is -0.496 e. The first-order valence-corrected chi connectivity index (χ1v) is 8.76. The molecule has 0 amide bonds. The second-order valence-electron chi connectivity index (χ2n) is 6.72. The molecular formula is C20H23FN3O3W-. The molecule has 150 valence electrons. The summed E-state index contributed by atoms with van der Waals surface area (Å²) in [5.74, 6) is 0.613. The fourth-order valence-electron chi connectivity index (χ4n) is 2.95. The van der Waals surface area contributed by atoms with Gasteiger partial charge in [-0.05, 0) is 54.1 Å². The van der Waals surface area contributed by atoms with Crippen LogP contribution >= 0.6 is 0 Å². The number of aliphatic hydroxyl groups is 2. The van der Waals surface area contributed by atoms with E-state index in [0.717, 1.165) is 29.3 Å². The first-order valence-electron chi connectivity index (χ1n) is 8.76. The van der Waals surface area contributed by atoms with E-state index >= 15 is 0 Å². The van der Waals surface area contributed by atoms with E-state index in [1.807, 2.05) is 16.8 Å². The van der Waals surface area contributed by atoms with Crippen molar-refractivity contribution in [3.63, 3.8) is 0 Å². The van der Waals surface area contributed by atoms with Crippen LogP contribution in [-0.2, 0) is 34.0 Å². The number of halogens is 1. The monoisotopic (exact) mass is 556 g/mol. The van der Waals surface area contributed by atoms with E-state index in [1.165, 1.54) is 12.1 Å². The summed E-state index contributed by atoms with van der Waals surface area (Å²) in [6.07, 6.45) is 5.64. The fraction of sp³-hybridized carbons (Fsp3) is 0.350. The molecule has 1 aliphatic rings. The van der Waals surface area contributed by atoms with Crippen LogP contribution in [0.5, 0.6) is 5.75 Å². The van der Waals surface area contributed by atoms with Crippen molar-refractivity contribution >= 4 is 16.7 Å². The molecule has 1 aliphatic carbocycles. The molecule has 0 saturated heterocycles. The van der Waals surface area contributed by atoms with E-state index in [-0.39, 0.29) is 39.3 Å². The first-order chi connectivity index (χ1) is 12.9. The van der Waals surface area contributed by atoms with Crippen LogP contribution in [-0.4, -0.2) is 39.1 Å². The van der Waals surface area contributed by atoms with Gasteiger partial charge in [0.2, 0.25) is 0 Å². The number of hydrogen-bond acceptors (Lipinski definition) is 4. The van der Waals surface area contributed by atoms with Gasteiger partial charge in [-0.15, -0.1) is 0 Å². The summed E-state index contributed by atoms with van der Waals surface area (Å²) < 4.78 is 19.9. The maximum atomic E-state index is 12.9. The minimum atomic E-state index is -0.610. The van der Waals surface area contributed by atoms with Gasteiger partial charge in [0.15, 0.2) is 0 Å². The Hall–Kier alpha value is -1.95. The van der Waals surface area contributed by atoms with Gasteiger partial charge in [0, 0.05) is 45.7 Å². The summed E-state index contributed by atoms with van der Waals surface area (Å²) in [4.78, 5) is 3.87. The fourth-order valence-corrected chi connectivity index (χ4v) is 2.95. The first kappa shape index (κ1) is 22.3. The van der Waals surface area contributed by atoms with Crippen LogP contribution in [0, 0.1) is 5.82 Å². The van der Waals surface area contributed by atoms with E-state index in [1.54, 1.807) is 25.4 Å². The number of rotatable bonds is 5. The van der Waals surface area contributed by atoms with Gasteiger partial charge in [0.05, 0.1) is 19.3 Å². The number of hydrogen-bond donors (Lipinski definition) is 2. The Balaban J connectivity index is 0.000000194. The zero-order chi connectivity index (χ0) is 19.4. The second-order valence-corrected chi connectivity index (χ2v) is 6.72. The summed E-state index contributed by atoms with van der Waals surface area (Å²) in [7, 11) is 1.55. The van der Waals surface area contributed by atoms with Crippen molar-refractivity contribution in [2.24, 2.45) is 0 Å². The molecule has 1 fully saturated rings. The van der Waals surface area contributed by atoms with Crippen molar-refractivity contribution in [2.75, 3.05) is 13.7 Å². The Morgan fingerprint density at radius 1 is 1.29 bits per heavy atom. The van der Waals surface area contributed by atoms with E-state index in [9.17, 15) is 9.50 Å². The second kappa shape index (κ2) is 9.50. The summed E-state index contributed by atoms with van der Waals surface area (Å²) in [5, 5.41) is 19.5. The molecule has 0 aliphatic heterocycles. The Bertz CT molecular complexity index is 928. The molecule has 0 spiro atoms. The quantitative estimate of drug-likeness (QED) is 0.503. The third kappa shape index (κ3) is 5.53. The molecule has 1 aromatic carbocycles. The SMILES string of the molecule is COc1ccc(F)cc1CC1(O)CC1.[NH-]c1cc2c(ccn2CCO)cn1.[W]. The largest absolute Gasteiger partial charge is 0.496 e. The molecule has 0 radical (unpaired) electrons. The Kier molecular flexibility index (Phi) is 7.58. The summed E-state index contributed by atoms with van der Waals surface area (Å²) in [6, 6.07) is 8.01. The van der Waals surface area contributed by atoms with Gasteiger partial charge in [0.1, 0.15) is 11.6 Å². The van der Waals surface area contributed by atoms with E-state index in [2.05, 4.69) is 4.98 Å². The summed E-state index contributed by atoms with van der Waals surface area (Å²) in [6.45, 7) is 0.673. The van der Waals surface area contributed by atoms with Gasteiger partial charge < -0.3 is 30.2 Å². The number of ether oxygens (including phenoxy) is 1. The molecule has 2 heterocycles. The molecule has 0 bridgehead atoms. The molecule has 1 saturated carbocycles. The number of nitrogens with zero attached hydrogens (tertiary/aromatic N) is 2. The van der Waals surface area contributed by atoms with E-state index in [4.69, 9.17) is 15.6 Å². The average Bonchev–Trinajstić information content (AvgIpc) is 3.23. The molecular weight excluding hydrogens is 533 g/mol. The molecule has 3 N–H and O–H groups in total. The predicted octanol–water partition coefficient (Wildman–Crippen LogP) is 3.61. The zero-order valence-corrected chi connectivity index (χ0v) is 18.5. The van der Waals surface area contributed by atoms with Crippen molar-refractivity contribution in [3.8, 4) is 5.75 Å². The third-order valence-electron chi connectivity index (χ3n) is 4.59. The molecule has 0 atom stereocenters. The van der Waals surface area contributed by atoms with Gasteiger partial charge in [-0.2, -0.15) is 0 Å². The van der Waals surface area contributed by atoms with Crippen LogP contribution in [0.15, 0.2) is 42.7 Å². The van der Waals surface area contributed by atoms with Crippen LogP contribution in [0.1, 0.15) is 18.4 Å². The number of aliphatic hydroxyl groups excluding tert-OH is 1. The number of benzene rings is 1. The standard InChI is InChI=1S/C11H13FO2.C9H10N3O.W/c1-14-10-3-2-9(12)6-8(10)7-11(13)4-5-11;10-9-5-8-7(6-11-9)1-2-12(8)3-4-13;/h2-3,6,13H,4-5,7H2,1H3;1-2,5-6,13H,3-4H2,(H-,10,11);/q;-1;. The Morgan fingerprint density at radius 3 is 2.68 bits per heavy atom. The zero-order valence-electron chi connectivity index (χ0n) is 15.6. The molecule has 6 nitrogen and oxygen atoms in total. The van der Waals surface area contributed by atoms with Gasteiger partial charge in [-0.25, -0.2) is 4.39 Å². The van der Waals surface area contributed by atoms with Crippen LogP contribution in [0.4, 0.5) is 10.2 Å². The van der Waals surface area contributed by atoms with Crippen LogP contribution in [0.2, 0.25) is 0 Å². The van der Waals surface area contributed by atoms with Crippen molar-refractivity contribution in [2.45, 2.75) is 31.4 Å². The Morgan fingerprint density at radius 2 is 2.04 bits per heavy atom. The van der Waals surface area contributed by atoms with Crippen molar-refractivity contribution in [3.05, 3.63) is 59.8 Å². The molecule has 4 rings (SSSR count). The van der Waals surface area contributed by atoms with Gasteiger partial charge in [0.25, 0.3) is 0 Å². The Labute approximate surface area is 177 Å². The third-order valence-corrected chi connectivity index (χ3v) is 4.59. The average molecular weight is 556 g/mol. The van der Waals surface area contributed by atoms with E-state index < -0.39 is 5.60 Å². The van der Waals surface area contributed by atoms with Gasteiger partial charge in [-0.3, -0.25) is 0 Å². The smallest absolute Gasteiger partial charge is 0.123 e. The van der Waals surface area contributed by atoms with Crippen molar-refractivity contribution in [1.29, 1.82) is 0 Å². The van der Waals surface area contributed by atoms with Crippen LogP contribution in [0.25, 0.3) is 16.6 Å². The summed E-state index contributed by atoms with van der Waals surface area (Å²) >= 11 is 0.